The van der Waals surface area contributed by atoms with E-state index >= 15 is 0 Å². The van der Waals surface area contributed by atoms with Crippen molar-refractivity contribution in [1.82, 2.24) is 0 Å². The Morgan fingerprint density at radius 1 is 1.16 bits per heavy atom. The summed E-state index contributed by atoms with van der Waals surface area (Å²) < 4.78 is 60.3. The van der Waals surface area contributed by atoms with Gasteiger partial charge in [0.1, 0.15) is 10.7 Å². The van der Waals surface area contributed by atoms with Crippen molar-refractivity contribution in [3.63, 3.8) is 0 Å². The molecule has 6 nitrogen and oxygen atoms in total. The fourth-order valence-electron chi connectivity index (χ4n) is 1.88. The number of nitrogens with zero attached hydrogens (tertiary/aromatic N) is 1. The molecule has 0 amide bonds. The zero-order chi connectivity index (χ0) is 18.8. The minimum atomic E-state index is -4.28. The molecular formula is C14H10Cl2FN2O4S2-. The Morgan fingerprint density at radius 2 is 1.84 bits per heavy atom. The van der Waals surface area contributed by atoms with E-state index in [9.17, 15) is 21.6 Å². The van der Waals surface area contributed by atoms with Gasteiger partial charge < -0.3 is 4.55 Å². The summed E-state index contributed by atoms with van der Waals surface area (Å²) in [5.41, 5.74) is 0.0329. The fourth-order valence-corrected chi connectivity index (χ4v) is 3.43. The summed E-state index contributed by atoms with van der Waals surface area (Å²) in [4.78, 5) is -0.545. The molecular weight excluding hydrogens is 414 g/mol. The monoisotopic (exact) mass is 423 g/mol. The number of rotatable bonds is 5. The molecule has 0 saturated heterocycles. The molecule has 25 heavy (non-hydrogen) atoms. The molecule has 0 heterocycles. The van der Waals surface area contributed by atoms with Crippen molar-refractivity contribution in [3.05, 3.63) is 64.0 Å². The van der Waals surface area contributed by atoms with Crippen LogP contribution >= 0.6 is 23.2 Å². The molecule has 0 spiro atoms. The second-order valence-corrected chi connectivity index (χ2v) is 7.86. The van der Waals surface area contributed by atoms with Gasteiger partial charge in [0.05, 0.1) is 27.0 Å². The fraction of sp³-hybridized carbons (Fsp3) is 0. The molecule has 2 aromatic rings. The normalized spacial score (nSPS) is 13.2. The molecule has 0 aliphatic rings. The molecule has 134 valence electrons. The minimum absolute atomic E-state index is 0.245. The third kappa shape index (κ3) is 5.00. The predicted molar refractivity (Wildman–Crippen MR) is 94.7 cm³/mol. The average Bonchev–Trinajstić information content (AvgIpc) is 2.49. The van der Waals surface area contributed by atoms with Crippen molar-refractivity contribution in [3.8, 4) is 0 Å². The SMILES string of the molecule is NS(=O)(=O)c1ccc(F)cc1N(C=Cc1ccc(Cl)c(Cl)c1)S(=O)[O-]. The zero-order valence-corrected chi connectivity index (χ0v) is 15.4. The van der Waals surface area contributed by atoms with E-state index in [-0.39, 0.29) is 5.02 Å². The van der Waals surface area contributed by atoms with Gasteiger partial charge in [-0.1, -0.05) is 29.3 Å². The Kier molecular flexibility index (Phi) is 6.20. The predicted octanol–water partition coefficient (Wildman–Crippen LogP) is 3.05. The van der Waals surface area contributed by atoms with Gasteiger partial charge in [0.2, 0.25) is 10.0 Å². The van der Waals surface area contributed by atoms with Crippen LogP contribution in [0.5, 0.6) is 0 Å². The van der Waals surface area contributed by atoms with Crippen molar-refractivity contribution < 1.29 is 21.6 Å². The summed E-state index contributed by atoms with van der Waals surface area (Å²) in [7, 11) is -4.28. The van der Waals surface area contributed by atoms with Crippen LogP contribution in [0, 0.1) is 5.82 Å². The van der Waals surface area contributed by atoms with Crippen molar-refractivity contribution in [2.45, 2.75) is 4.90 Å². The van der Waals surface area contributed by atoms with E-state index in [1.165, 1.54) is 18.2 Å². The van der Waals surface area contributed by atoms with Crippen molar-refractivity contribution in [1.29, 1.82) is 0 Å². The Bertz CT molecular complexity index is 967. The molecule has 0 bridgehead atoms. The van der Waals surface area contributed by atoms with Crippen molar-refractivity contribution >= 4 is 56.3 Å². The standard InChI is InChI=1S/C14H11Cl2FN2O4S2/c15-11-3-1-9(7-12(11)16)5-6-19(24(20)21)13-8-10(17)2-4-14(13)25(18,22)23/h1-8H,(H,20,21)(H2,18,22,23)/p-1. The smallest absolute Gasteiger partial charge is 0.240 e. The van der Waals surface area contributed by atoms with E-state index in [2.05, 4.69) is 0 Å². The lowest BCUT2D eigenvalue weighted by Crippen LogP contribution is -2.23. The second-order valence-electron chi connectivity index (χ2n) is 4.69. The lowest BCUT2D eigenvalue weighted by Gasteiger charge is -2.24. The van der Waals surface area contributed by atoms with Gasteiger partial charge in [0.25, 0.3) is 0 Å². The second kappa shape index (κ2) is 7.81. The molecule has 0 fully saturated rings. The lowest BCUT2D eigenvalue weighted by atomic mass is 10.2. The van der Waals surface area contributed by atoms with E-state index in [0.717, 1.165) is 24.4 Å². The van der Waals surface area contributed by atoms with Crippen molar-refractivity contribution in [2.75, 3.05) is 4.31 Å². The molecule has 0 aliphatic carbocycles. The first-order chi connectivity index (χ1) is 11.6. The highest BCUT2D eigenvalue weighted by Crippen LogP contribution is 2.28. The van der Waals surface area contributed by atoms with Gasteiger partial charge >= 0.3 is 0 Å². The highest BCUT2D eigenvalue weighted by Gasteiger charge is 2.19. The van der Waals surface area contributed by atoms with E-state index in [0.29, 0.717) is 14.9 Å². The van der Waals surface area contributed by atoms with Gasteiger partial charge in [-0.05, 0) is 42.0 Å². The van der Waals surface area contributed by atoms with Crippen LogP contribution in [-0.2, 0) is 21.3 Å². The largest absolute Gasteiger partial charge is 0.755 e. The van der Waals surface area contributed by atoms with E-state index in [4.69, 9.17) is 28.3 Å². The van der Waals surface area contributed by atoms with Gasteiger partial charge in [0, 0.05) is 6.20 Å². The Morgan fingerprint density at radius 3 is 2.40 bits per heavy atom. The molecule has 0 aromatic heterocycles. The third-order valence-electron chi connectivity index (χ3n) is 2.97. The first-order valence-electron chi connectivity index (χ1n) is 6.44. The van der Waals surface area contributed by atoms with Crippen LogP contribution in [0.2, 0.25) is 10.0 Å². The molecule has 11 heteroatoms. The molecule has 2 aromatic carbocycles. The minimum Gasteiger partial charge on any atom is -0.755 e. The quantitative estimate of drug-likeness (QED) is 0.745. The van der Waals surface area contributed by atoms with Gasteiger partial charge in [-0.15, -0.1) is 0 Å². The zero-order valence-electron chi connectivity index (χ0n) is 12.2. The third-order valence-corrected chi connectivity index (χ3v) is 5.31. The highest BCUT2D eigenvalue weighted by atomic mass is 35.5. The highest BCUT2D eigenvalue weighted by molar-refractivity contribution is 7.89. The van der Waals surface area contributed by atoms with Gasteiger partial charge in [-0.3, -0.25) is 8.51 Å². The van der Waals surface area contributed by atoms with Crippen LogP contribution in [0.25, 0.3) is 6.08 Å². The number of sulfonamides is 1. The van der Waals surface area contributed by atoms with Crippen LogP contribution in [0.4, 0.5) is 10.1 Å². The average molecular weight is 424 g/mol. The maximum Gasteiger partial charge on any atom is 0.240 e. The van der Waals surface area contributed by atoms with Crippen LogP contribution < -0.4 is 9.44 Å². The molecule has 0 saturated carbocycles. The molecule has 2 N–H and O–H groups in total. The summed E-state index contributed by atoms with van der Waals surface area (Å²) in [5, 5.41) is 5.61. The van der Waals surface area contributed by atoms with Crippen LogP contribution in [0.1, 0.15) is 5.56 Å². The molecule has 0 aliphatic heterocycles. The van der Waals surface area contributed by atoms with Crippen LogP contribution in [-0.4, -0.2) is 17.2 Å². The first kappa shape index (κ1) is 19.8. The summed E-state index contributed by atoms with van der Waals surface area (Å²) in [6.07, 6.45) is 2.36. The lowest BCUT2D eigenvalue weighted by molar-refractivity contribution is 0.536. The van der Waals surface area contributed by atoms with Crippen LogP contribution in [0.3, 0.4) is 0 Å². The number of anilines is 1. The topological polar surface area (TPSA) is 104 Å². The van der Waals surface area contributed by atoms with Crippen molar-refractivity contribution in [2.24, 2.45) is 5.14 Å². The number of benzene rings is 2. The van der Waals surface area contributed by atoms with E-state index < -0.39 is 37.7 Å². The maximum absolute atomic E-state index is 13.5. The maximum atomic E-state index is 13.5. The van der Waals surface area contributed by atoms with E-state index in [1.807, 2.05) is 0 Å². The number of hydrogen-bond acceptors (Lipinski definition) is 4. The molecule has 0 radical (unpaired) electrons. The van der Waals surface area contributed by atoms with Crippen LogP contribution in [0.15, 0.2) is 47.5 Å². The summed E-state index contributed by atoms with van der Waals surface area (Å²) >= 11 is 8.72. The van der Waals surface area contributed by atoms with Gasteiger partial charge in [-0.2, -0.15) is 0 Å². The molecule has 1 unspecified atom stereocenters. The molecule has 2 rings (SSSR count). The number of nitrogens with two attached hydrogens (primary N) is 1. The van der Waals surface area contributed by atoms with Gasteiger partial charge in [0.15, 0.2) is 0 Å². The van der Waals surface area contributed by atoms with E-state index in [1.54, 1.807) is 6.07 Å². The number of primary sulfonamides is 1. The molecule has 1 atom stereocenters. The Hall–Kier alpha value is -1.49. The summed E-state index contributed by atoms with van der Waals surface area (Å²) in [5.74, 6) is -0.833. The Balaban J connectivity index is 2.52. The summed E-state index contributed by atoms with van der Waals surface area (Å²) in [6, 6.07) is 7.01. The summed E-state index contributed by atoms with van der Waals surface area (Å²) in [6.45, 7) is 0. The number of halogens is 3. The van der Waals surface area contributed by atoms with Gasteiger partial charge in [-0.25, -0.2) is 17.9 Å². The first-order valence-corrected chi connectivity index (χ1v) is 9.77. The number of hydrogen-bond donors (Lipinski definition) is 1. The Labute approximate surface area is 156 Å².